The molecular formula is C26H20FN3OS. The Morgan fingerprint density at radius 2 is 1.78 bits per heavy atom. The van der Waals surface area contributed by atoms with Gasteiger partial charge in [-0.3, -0.25) is 4.79 Å². The maximum Gasteiger partial charge on any atom is 0.224 e. The SMILES string of the molecule is O=C(Cc1ccccc1)NCc1ccc2c(c1)nc(Nc1cccc(F)c1)c1ccsc12. The van der Waals surface area contributed by atoms with Crippen LogP contribution >= 0.6 is 11.3 Å². The summed E-state index contributed by atoms with van der Waals surface area (Å²) in [6.45, 7) is 0.429. The van der Waals surface area contributed by atoms with E-state index in [2.05, 4.69) is 10.6 Å². The summed E-state index contributed by atoms with van der Waals surface area (Å²) in [6, 6.07) is 24.1. The Morgan fingerprint density at radius 3 is 2.62 bits per heavy atom. The van der Waals surface area contributed by atoms with E-state index in [-0.39, 0.29) is 11.7 Å². The molecule has 5 aromatic rings. The van der Waals surface area contributed by atoms with Crippen molar-refractivity contribution in [3.05, 3.63) is 101 Å². The first-order valence-electron chi connectivity index (χ1n) is 10.3. The fraction of sp³-hybridized carbons (Fsp3) is 0.0769. The molecule has 0 aliphatic heterocycles. The topological polar surface area (TPSA) is 54.0 Å². The second kappa shape index (κ2) is 8.77. The number of benzene rings is 3. The lowest BCUT2D eigenvalue weighted by atomic mass is 10.1. The average molecular weight is 442 g/mol. The van der Waals surface area contributed by atoms with Gasteiger partial charge in [0, 0.05) is 27.7 Å². The Balaban J connectivity index is 1.40. The van der Waals surface area contributed by atoms with Crippen LogP contribution in [0.2, 0.25) is 0 Å². The first kappa shape index (κ1) is 20.2. The van der Waals surface area contributed by atoms with Crippen molar-refractivity contribution in [3.8, 4) is 0 Å². The zero-order valence-corrected chi connectivity index (χ0v) is 18.0. The number of hydrogen-bond donors (Lipinski definition) is 2. The van der Waals surface area contributed by atoms with Gasteiger partial charge in [-0.1, -0.05) is 48.5 Å². The first-order valence-corrected chi connectivity index (χ1v) is 11.2. The number of rotatable bonds is 6. The summed E-state index contributed by atoms with van der Waals surface area (Å²) in [5, 5.41) is 10.3. The highest BCUT2D eigenvalue weighted by atomic mass is 32.1. The second-order valence-electron chi connectivity index (χ2n) is 7.55. The number of carbonyl (C=O) groups excluding carboxylic acids is 1. The molecule has 0 spiro atoms. The normalized spacial score (nSPS) is 11.0. The van der Waals surface area contributed by atoms with Crippen molar-refractivity contribution in [1.82, 2.24) is 10.3 Å². The van der Waals surface area contributed by atoms with Crippen LogP contribution in [-0.4, -0.2) is 10.9 Å². The minimum Gasteiger partial charge on any atom is -0.352 e. The highest BCUT2D eigenvalue weighted by molar-refractivity contribution is 7.18. The lowest BCUT2D eigenvalue weighted by Crippen LogP contribution is -2.24. The number of fused-ring (bicyclic) bond motifs is 3. The van der Waals surface area contributed by atoms with Crippen molar-refractivity contribution in [2.24, 2.45) is 0 Å². The van der Waals surface area contributed by atoms with Gasteiger partial charge in [-0.25, -0.2) is 9.37 Å². The number of thiophene rings is 1. The highest BCUT2D eigenvalue weighted by Gasteiger charge is 2.11. The molecule has 0 radical (unpaired) electrons. The van der Waals surface area contributed by atoms with E-state index >= 15 is 0 Å². The molecule has 6 heteroatoms. The van der Waals surface area contributed by atoms with Gasteiger partial charge in [0.1, 0.15) is 11.6 Å². The molecule has 2 aromatic heterocycles. The third-order valence-corrected chi connectivity index (χ3v) is 6.19. The van der Waals surface area contributed by atoms with Gasteiger partial charge in [0.25, 0.3) is 0 Å². The Hall–Kier alpha value is -3.77. The van der Waals surface area contributed by atoms with E-state index < -0.39 is 0 Å². The largest absolute Gasteiger partial charge is 0.352 e. The van der Waals surface area contributed by atoms with Gasteiger partial charge in [0.15, 0.2) is 0 Å². The first-order chi connectivity index (χ1) is 15.7. The summed E-state index contributed by atoms with van der Waals surface area (Å²) in [7, 11) is 0. The number of hydrogen-bond acceptors (Lipinski definition) is 4. The van der Waals surface area contributed by atoms with Crippen LogP contribution in [0.15, 0.2) is 84.2 Å². The maximum absolute atomic E-state index is 13.6. The molecule has 158 valence electrons. The predicted molar refractivity (Wildman–Crippen MR) is 129 cm³/mol. The van der Waals surface area contributed by atoms with Crippen molar-refractivity contribution in [2.45, 2.75) is 13.0 Å². The summed E-state index contributed by atoms with van der Waals surface area (Å²) in [5.74, 6) is 0.363. The lowest BCUT2D eigenvalue weighted by Gasteiger charge is -2.11. The fourth-order valence-electron chi connectivity index (χ4n) is 3.70. The van der Waals surface area contributed by atoms with E-state index in [4.69, 9.17) is 4.98 Å². The molecule has 1 amide bonds. The van der Waals surface area contributed by atoms with E-state index in [1.807, 2.05) is 66.0 Å². The van der Waals surface area contributed by atoms with E-state index in [0.717, 1.165) is 32.1 Å². The van der Waals surface area contributed by atoms with E-state index in [1.54, 1.807) is 17.4 Å². The smallest absolute Gasteiger partial charge is 0.224 e. The molecule has 3 aromatic carbocycles. The van der Waals surface area contributed by atoms with Crippen molar-refractivity contribution in [3.63, 3.8) is 0 Å². The number of nitrogens with one attached hydrogen (secondary N) is 2. The number of amides is 1. The Bertz CT molecular complexity index is 1420. The van der Waals surface area contributed by atoms with E-state index in [0.29, 0.717) is 24.5 Å². The van der Waals surface area contributed by atoms with Gasteiger partial charge in [-0.05, 0) is 46.8 Å². The van der Waals surface area contributed by atoms with Crippen LogP contribution in [0, 0.1) is 5.82 Å². The van der Waals surface area contributed by atoms with Gasteiger partial charge < -0.3 is 10.6 Å². The summed E-state index contributed by atoms with van der Waals surface area (Å²) in [5.41, 5.74) is 3.43. The summed E-state index contributed by atoms with van der Waals surface area (Å²) in [4.78, 5) is 17.1. The summed E-state index contributed by atoms with van der Waals surface area (Å²) in [6.07, 6.45) is 0.351. The molecule has 32 heavy (non-hydrogen) atoms. The van der Waals surface area contributed by atoms with Gasteiger partial charge in [-0.2, -0.15) is 0 Å². The Kier molecular flexibility index (Phi) is 5.52. The van der Waals surface area contributed by atoms with Crippen LogP contribution in [0.25, 0.3) is 21.0 Å². The molecule has 4 nitrogen and oxygen atoms in total. The molecule has 0 saturated heterocycles. The number of carbonyl (C=O) groups is 1. The predicted octanol–water partition coefficient (Wildman–Crippen LogP) is 6.19. The molecule has 0 aliphatic carbocycles. The van der Waals surface area contributed by atoms with Gasteiger partial charge in [0.05, 0.1) is 11.9 Å². The van der Waals surface area contributed by atoms with Crippen molar-refractivity contribution in [1.29, 1.82) is 0 Å². The number of nitrogens with zero attached hydrogens (tertiary/aromatic N) is 1. The standard InChI is InChI=1S/C26H20FN3OS/c27-19-7-4-8-20(15-19)29-26-22-11-12-32-25(22)21-10-9-18(13-23(21)30-26)16-28-24(31)14-17-5-2-1-3-6-17/h1-13,15H,14,16H2,(H,28,31)(H,29,30). The van der Waals surface area contributed by atoms with Gasteiger partial charge in [-0.15, -0.1) is 11.3 Å². The fourth-order valence-corrected chi connectivity index (χ4v) is 4.63. The van der Waals surface area contributed by atoms with E-state index in [1.165, 1.54) is 12.1 Å². The molecule has 0 bridgehead atoms. The average Bonchev–Trinajstić information content (AvgIpc) is 3.29. The Morgan fingerprint density at radius 1 is 0.906 bits per heavy atom. The van der Waals surface area contributed by atoms with Crippen LogP contribution in [0.3, 0.4) is 0 Å². The maximum atomic E-state index is 13.6. The van der Waals surface area contributed by atoms with Crippen molar-refractivity contribution in [2.75, 3.05) is 5.32 Å². The van der Waals surface area contributed by atoms with Gasteiger partial charge in [0.2, 0.25) is 5.91 Å². The van der Waals surface area contributed by atoms with Crippen LogP contribution in [0.4, 0.5) is 15.9 Å². The highest BCUT2D eigenvalue weighted by Crippen LogP contribution is 2.35. The molecule has 0 atom stereocenters. The number of aromatic nitrogens is 1. The minimum atomic E-state index is -0.300. The molecule has 2 N–H and O–H groups in total. The molecule has 0 fully saturated rings. The number of halogens is 1. The number of anilines is 2. The van der Waals surface area contributed by atoms with Crippen LogP contribution in [0.1, 0.15) is 11.1 Å². The molecule has 2 heterocycles. The van der Waals surface area contributed by atoms with Crippen LogP contribution in [-0.2, 0) is 17.8 Å². The molecule has 0 aliphatic rings. The lowest BCUT2D eigenvalue weighted by molar-refractivity contribution is -0.120. The van der Waals surface area contributed by atoms with Crippen molar-refractivity contribution >= 4 is 49.7 Å². The Labute approximate surface area is 188 Å². The second-order valence-corrected chi connectivity index (χ2v) is 8.47. The van der Waals surface area contributed by atoms with E-state index in [9.17, 15) is 9.18 Å². The zero-order valence-electron chi connectivity index (χ0n) is 17.1. The van der Waals surface area contributed by atoms with Crippen LogP contribution < -0.4 is 10.6 Å². The minimum absolute atomic E-state index is 0.0218. The zero-order chi connectivity index (χ0) is 21.9. The molecule has 0 saturated carbocycles. The van der Waals surface area contributed by atoms with Gasteiger partial charge >= 0.3 is 0 Å². The molecular weight excluding hydrogens is 421 g/mol. The van der Waals surface area contributed by atoms with Crippen molar-refractivity contribution < 1.29 is 9.18 Å². The molecule has 0 unspecified atom stereocenters. The third-order valence-electron chi connectivity index (χ3n) is 5.24. The summed E-state index contributed by atoms with van der Waals surface area (Å²) < 4.78 is 14.7. The third kappa shape index (κ3) is 4.31. The quantitative estimate of drug-likeness (QED) is 0.330. The molecule has 5 rings (SSSR count). The monoisotopic (exact) mass is 441 g/mol. The number of pyridine rings is 1. The van der Waals surface area contributed by atoms with Crippen LogP contribution in [0.5, 0.6) is 0 Å². The summed E-state index contributed by atoms with van der Waals surface area (Å²) >= 11 is 1.65.